The molecule has 0 aliphatic rings. The van der Waals surface area contributed by atoms with Gasteiger partial charge in [0, 0.05) is 22.6 Å². The van der Waals surface area contributed by atoms with Gasteiger partial charge in [0.1, 0.15) is 12.6 Å². The minimum atomic E-state index is -4.12. The molecule has 0 spiro atoms. The number of nitrogens with zero attached hydrogens (tertiary/aromatic N) is 2. The molecule has 0 fully saturated rings. The number of halogens is 2. The molecule has 3 aromatic rings. The summed E-state index contributed by atoms with van der Waals surface area (Å²) in [6, 6.07) is 20.7. The Balaban J connectivity index is 1.98. The van der Waals surface area contributed by atoms with Crippen LogP contribution in [0.5, 0.6) is 0 Å². The zero-order valence-corrected chi connectivity index (χ0v) is 23.8. The summed E-state index contributed by atoms with van der Waals surface area (Å²) in [5, 5.41) is 3.22. The van der Waals surface area contributed by atoms with Crippen molar-refractivity contribution in [1.82, 2.24) is 10.2 Å². The van der Waals surface area contributed by atoms with Crippen molar-refractivity contribution in [2.45, 2.75) is 37.8 Å². The number of nitrogens with one attached hydrogen (secondary N) is 1. The quantitative estimate of drug-likeness (QED) is 0.323. The van der Waals surface area contributed by atoms with Crippen LogP contribution in [0.1, 0.15) is 25.8 Å². The summed E-state index contributed by atoms with van der Waals surface area (Å²) in [4.78, 5) is 28.0. The third-order valence-corrected chi connectivity index (χ3v) is 8.28. The lowest BCUT2D eigenvalue weighted by Gasteiger charge is -2.32. The number of anilines is 1. The van der Waals surface area contributed by atoms with Crippen LogP contribution in [0.2, 0.25) is 5.02 Å². The molecule has 196 valence electrons. The zero-order chi connectivity index (χ0) is 27.0. The molecule has 0 saturated carbocycles. The molecule has 0 heterocycles. The second-order valence-electron chi connectivity index (χ2n) is 8.42. The van der Waals surface area contributed by atoms with Crippen molar-refractivity contribution in [3.05, 3.63) is 93.9 Å². The summed E-state index contributed by atoms with van der Waals surface area (Å²) in [5.41, 5.74) is 1.14. The molecule has 0 bridgehead atoms. The van der Waals surface area contributed by atoms with Crippen molar-refractivity contribution < 1.29 is 18.0 Å². The lowest BCUT2D eigenvalue weighted by molar-refractivity contribution is -0.139. The number of carbonyl (C=O) groups is 2. The van der Waals surface area contributed by atoms with Crippen LogP contribution in [0.25, 0.3) is 0 Å². The molecule has 0 aliphatic carbocycles. The van der Waals surface area contributed by atoms with E-state index in [-0.39, 0.29) is 17.3 Å². The normalized spacial score (nSPS) is 12.0. The van der Waals surface area contributed by atoms with Crippen LogP contribution in [-0.2, 0) is 26.2 Å². The summed E-state index contributed by atoms with van der Waals surface area (Å²) in [6.07, 6.45) is 0.750. The van der Waals surface area contributed by atoms with Gasteiger partial charge < -0.3 is 10.2 Å². The van der Waals surface area contributed by atoms with E-state index in [4.69, 9.17) is 11.6 Å². The average molecular weight is 607 g/mol. The molecular weight excluding hydrogens is 578 g/mol. The van der Waals surface area contributed by atoms with E-state index in [0.29, 0.717) is 17.3 Å². The highest BCUT2D eigenvalue weighted by molar-refractivity contribution is 9.10. The highest BCUT2D eigenvalue weighted by Crippen LogP contribution is 2.25. The van der Waals surface area contributed by atoms with Gasteiger partial charge in [-0.15, -0.1) is 0 Å². The lowest BCUT2D eigenvalue weighted by atomic mass is 10.1. The summed E-state index contributed by atoms with van der Waals surface area (Å²) < 4.78 is 29.3. The Bertz CT molecular complexity index is 1300. The molecule has 0 aliphatic heterocycles. The predicted octanol–water partition coefficient (Wildman–Crippen LogP) is 5.24. The molecule has 0 radical (unpaired) electrons. The summed E-state index contributed by atoms with van der Waals surface area (Å²) >= 11 is 9.36. The molecule has 10 heteroatoms. The number of hydrogen-bond donors (Lipinski definition) is 1. The first-order valence-electron chi connectivity index (χ1n) is 11.8. The molecule has 3 aromatic carbocycles. The van der Waals surface area contributed by atoms with E-state index in [9.17, 15) is 18.0 Å². The van der Waals surface area contributed by atoms with Gasteiger partial charge in [0.15, 0.2) is 0 Å². The molecule has 0 aromatic heterocycles. The molecular formula is C27H29BrClN3O4S. The molecule has 1 atom stereocenters. The number of carbonyl (C=O) groups excluding carboxylic acids is 2. The van der Waals surface area contributed by atoms with Crippen LogP contribution in [0.4, 0.5) is 5.69 Å². The van der Waals surface area contributed by atoms with E-state index in [1.165, 1.54) is 29.2 Å². The maximum atomic E-state index is 13.8. The Morgan fingerprint density at radius 3 is 2.19 bits per heavy atom. The fourth-order valence-electron chi connectivity index (χ4n) is 3.62. The monoisotopic (exact) mass is 605 g/mol. The summed E-state index contributed by atoms with van der Waals surface area (Å²) in [6.45, 7) is 3.70. The maximum Gasteiger partial charge on any atom is 0.264 e. The Hall–Kier alpha value is -2.88. The second-order valence-corrected chi connectivity index (χ2v) is 11.6. The third-order valence-electron chi connectivity index (χ3n) is 5.71. The average Bonchev–Trinajstić information content (AvgIpc) is 2.90. The highest BCUT2D eigenvalue weighted by Gasteiger charge is 2.32. The number of para-hydroxylation sites is 1. The topological polar surface area (TPSA) is 86.8 Å². The van der Waals surface area contributed by atoms with Crippen molar-refractivity contribution in [1.29, 1.82) is 0 Å². The van der Waals surface area contributed by atoms with Crippen LogP contribution >= 0.6 is 27.5 Å². The first-order valence-corrected chi connectivity index (χ1v) is 14.4. The minimum Gasteiger partial charge on any atom is -0.354 e. The van der Waals surface area contributed by atoms with E-state index < -0.39 is 28.5 Å². The van der Waals surface area contributed by atoms with Gasteiger partial charge in [0.2, 0.25) is 11.8 Å². The van der Waals surface area contributed by atoms with E-state index in [2.05, 4.69) is 21.2 Å². The Kier molecular flexibility index (Phi) is 10.1. The fraction of sp³-hybridized carbons (Fsp3) is 0.259. The van der Waals surface area contributed by atoms with Gasteiger partial charge in [-0.25, -0.2) is 8.42 Å². The zero-order valence-electron chi connectivity index (χ0n) is 20.6. The number of hydrogen-bond acceptors (Lipinski definition) is 4. The van der Waals surface area contributed by atoms with Gasteiger partial charge in [-0.3, -0.25) is 13.9 Å². The van der Waals surface area contributed by atoms with Gasteiger partial charge in [-0.2, -0.15) is 0 Å². The lowest BCUT2D eigenvalue weighted by Crippen LogP contribution is -2.51. The van der Waals surface area contributed by atoms with Gasteiger partial charge >= 0.3 is 0 Å². The maximum absolute atomic E-state index is 13.8. The molecule has 1 unspecified atom stereocenters. The fourth-order valence-corrected chi connectivity index (χ4v) is 5.43. The minimum absolute atomic E-state index is 0.00162. The Morgan fingerprint density at radius 2 is 1.59 bits per heavy atom. The van der Waals surface area contributed by atoms with Crippen LogP contribution in [-0.4, -0.2) is 44.3 Å². The molecule has 7 nitrogen and oxygen atoms in total. The third kappa shape index (κ3) is 7.56. The first kappa shape index (κ1) is 28.7. The Morgan fingerprint density at radius 1 is 0.973 bits per heavy atom. The van der Waals surface area contributed by atoms with Crippen molar-refractivity contribution in [3.63, 3.8) is 0 Å². The molecule has 0 saturated heterocycles. The Labute approximate surface area is 231 Å². The van der Waals surface area contributed by atoms with E-state index in [1.807, 2.05) is 31.2 Å². The van der Waals surface area contributed by atoms with Crippen LogP contribution in [0, 0.1) is 0 Å². The highest BCUT2D eigenvalue weighted by atomic mass is 79.9. The number of amides is 2. The van der Waals surface area contributed by atoms with Crippen LogP contribution < -0.4 is 9.62 Å². The summed E-state index contributed by atoms with van der Waals surface area (Å²) in [5.74, 6) is -0.817. The number of rotatable bonds is 11. The number of sulfonamides is 1. The largest absolute Gasteiger partial charge is 0.354 e. The SMILES string of the molecule is CCCNC(=O)C(C)N(Cc1ccc(Br)cc1)C(=O)CN(c1ccccc1)S(=O)(=O)c1ccc(Cl)cc1. The van der Waals surface area contributed by atoms with Crippen molar-refractivity contribution >= 4 is 55.1 Å². The van der Waals surface area contributed by atoms with Crippen molar-refractivity contribution in [2.75, 3.05) is 17.4 Å². The number of benzene rings is 3. The van der Waals surface area contributed by atoms with Gasteiger partial charge in [0.05, 0.1) is 10.6 Å². The van der Waals surface area contributed by atoms with Gasteiger partial charge in [0.25, 0.3) is 10.0 Å². The molecule has 3 rings (SSSR count). The first-order chi connectivity index (χ1) is 17.6. The van der Waals surface area contributed by atoms with E-state index in [1.54, 1.807) is 37.3 Å². The van der Waals surface area contributed by atoms with Crippen LogP contribution in [0.3, 0.4) is 0 Å². The van der Waals surface area contributed by atoms with Gasteiger partial charge in [-0.1, -0.05) is 64.8 Å². The molecule has 2 amide bonds. The van der Waals surface area contributed by atoms with E-state index >= 15 is 0 Å². The summed E-state index contributed by atoms with van der Waals surface area (Å²) in [7, 11) is -4.12. The molecule has 1 N–H and O–H groups in total. The second kappa shape index (κ2) is 13.1. The standard InChI is InChI=1S/C27H29BrClN3O4S/c1-3-17-30-27(34)20(2)31(18-21-9-11-22(28)12-10-21)26(33)19-32(24-7-5-4-6-8-24)37(35,36)25-15-13-23(29)14-16-25/h4-16,20H,3,17-19H2,1-2H3,(H,30,34). The molecule has 37 heavy (non-hydrogen) atoms. The van der Waals surface area contributed by atoms with Gasteiger partial charge in [-0.05, 0) is 67.4 Å². The van der Waals surface area contributed by atoms with E-state index in [0.717, 1.165) is 20.8 Å². The van der Waals surface area contributed by atoms with Crippen molar-refractivity contribution in [2.24, 2.45) is 0 Å². The smallest absolute Gasteiger partial charge is 0.264 e. The van der Waals surface area contributed by atoms with Crippen molar-refractivity contribution in [3.8, 4) is 0 Å². The predicted molar refractivity (Wildman–Crippen MR) is 150 cm³/mol. The van der Waals surface area contributed by atoms with Crippen LogP contribution in [0.15, 0.2) is 88.2 Å².